The summed E-state index contributed by atoms with van der Waals surface area (Å²) in [4.78, 5) is 1.31. The van der Waals surface area contributed by atoms with Crippen molar-refractivity contribution in [3.05, 3.63) is 30.3 Å². The van der Waals surface area contributed by atoms with E-state index in [2.05, 4.69) is 34.7 Å². The normalized spacial score (nSPS) is 18.1. The molecule has 1 fully saturated rings. The summed E-state index contributed by atoms with van der Waals surface area (Å²) in [5.74, 6) is 0.992. The van der Waals surface area contributed by atoms with Gasteiger partial charge in [0.1, 0.15) is 0 Å². The SMILES string of the molecule is N[C@H](CCNN1CCCC1)CSc1ccccc1. The molecule has 1 aliphatic heterocycles. The van der Waals surface area contributed by atoms with Crippen LogP contribution < -0.4 is 11.2 Å². The van der Waals surface area contributed by atoms with Crippen LogP contribution in [0.3, 0.4) is 0 Å². The minimum atomic E-state index is 0.269. The lowest BCUT2D eigenvalue weighted by molar-refractivity contribution is 0.232. The Hall–Kier alpha value is -0.550. The number of rotatable bonds is 7. The first-order chi connectivity index (χ1) is 8.84. The highest BCUT2D eigenvalue weighted by Crippen LogP contribution is 2.17. The quantitative estimate of drug-likeness (QED) is 0.741. The Morgan fingerprint density at radius 1 is 1.22 bits per heavy atom. The van der Waals surface area contributed by atoms with Crippen molar-refractivity contribution in [3.63, 3.8) is 0 Å². The lowest BCUT2D eigenvalue weighted by Crippen LogP contribution is -2.38. The first kappa shape index (κ1) is 13.9. The Balaban J connectivity index is 1.56. The Labute approximate surface area is 114 Å². The van der Waals surface area contributed by atoms with Gasteiger partial charge in [-0.25, -0.2) is 5.01 Å². The molecule has 0 amide bonds. The fourth-order valence-corrected chi connectivity index (χ4v) is 3.01. The molecule has 18 heavy (non-hydrogen) atoms. The van der Waals surface area contributed by atoms with Crippen molar-refractivity contribution < 1.29 is 0 Å². The first-order valence-corrected chi connectivity index (χ1v) is 7.75. The van der Waals surface area contributed by atoms with Gasteiger partial charge in [-0.3, -0.25) is 5.43 Å². The molecule has 2 rings (SSSR count). The van der Waals surface area contributed by atoms with Crippen LogP contribution >= 0.6 is 11.8 Å². The minimum absolute atomic E-state index is 0.269. The second-order valence-corrected chi connectivity index (χ2v) is 5.87. The second-order valence-electron chi connectivity index (χ2n) is 4.78. The number of thioether (sulfide) groups is 1. The van der Waals surface area contributed by atoms with Gasteiger partial charge in [0.15, 0.2) is 0 Å². The van der Waals surface area contributed by atoms with Gasteiger partial charge in [-0.05, 0) is 31.4 Å². The fraction of sp³-hybridized carbons (Fsp3) is 0.571. The van der Waals surface area contributed by atoms with Gasteiger partial charge in [0.2, 0.25) is 0 Å². The Morgan fingerprint density at radius 3 is 2.67 bits per heavy atom. The summed E-state index contributed by atoms with van der Waals surface area (Å²) in [6.45, 7) is 3.37. The van der Waals surface area contributed by atoms with Crippen LogP contribution in [-0.4, -0.2) is 36.4 Å². The number of hydrazine groups is 1. The van der Waals surface area contributed by atoms with Gasteiger partial charge in [0.05, 0.1) is 0 Å². The molecular formula is C14H23N3S. The summed E-state index contributed by atoms with van der Waals surface area (Å²) in [5, 5.41) is 2.32. The van der Waals surface area contributed by atoms with Crippen LogP contribution in [0.4, 0.5) is 0 Å². The van der Waals surface area contributed by atoms with Crippen LogP contribution in [0.15, 0.2) is 35.2 Å². The van der Waals surface area contributed by atoms with Crippen molar-refractivity contribution in [2.45, 2.75) is 30.2 Å². The summed E-state index contributed by atoms with van der Waals surface area (Å²) >= 11 is 1.84. The Bertz CT molecular complexity index is 325. The topological polar surface area (TPSA) is 41.3 Å². The van der Waals surface area contributed by atoms with E-state index in [1.807, 2.05) is 17.8 Å². The van der Waals surface area contributed by atoms with Crippen molar-refractivity contribution >= 4 is 11.8 Å². The van der Waals surface area contributed by atoms with E-state index < -0.39 is 0 Å². The van der Waals surface area contributed by atoms with Crippen molar-refractivity contribution in [1.29, 1.82) is 0 Å². The van der Waals surface area contributed by atoms with Crippen LogP contribution in [-0.2, 0) is 0 Å². The molecule has 1 heterocycles. The molecule has 4 heteroatoms. The van der Waals surface area contributed by atoms with E-state index >= 15 is 0 Å². The summed E-state index contributed by atoms with van der Waals surface area (Å²) in [5.41, 5.74) is 9.58. The zero-order valence-corrected chi connectivity index (χ0v) is 11.7. The largest absolute Gasteiger partial charge is 0.327 e. The average molecular weight is 265 g/mol. The zero-order chi connectivity index (χ0) is 12.6. The van der Waals surface area contributed by atoms with Gasteiger partial charge < -0.3 is 5.73 Å². The lowest BCUT2D eigenvalue weighted by atomic mass is 10.2. The maximum absolute atomic E-state index is 6.13. The average Bonchev–Trinajstić information content (AvgIpc) is 2.91. The van der Waals surface area contributed by atoms with Gasteiger partial charge in [-0.2, -0.15) is 0 Å². The smallest absolute Gasteiger partial charge is 0.0146 e. The van der Waals surface area contributed by atoms with Crippen LogP contribution in [0.2, 0.25) is 0 Å². The van der Waals surface area contributed by atoms with Gasteiger partial charge in [0.25, 0.3) is 0 Å². The molecule has 0 spiro atoms. The molecule has 1 aromatic rings. The third-order valence-corrected chi connectivity index (χ3v) is 4.36. The van der Waals surface area contributed by atoms with Crippen molar-refractivity contribution in [1.82, 2.24) is 10.4 Å². The standard InChI is InChI=1S/C14H23N3S/c15-13(8-9-16-17-10-4-5-11-17)12-18-14-6-2-1-3-7-14/h1-3,6-7,13,16H,4-5,8-12,15H2/t13-/m1/s1. The molecular weight excluding hydrogens is 242 g/mol. The molecule has 3 N–H and O–H groups in total. The fourth-order valence-electron chi connectivity index (χ4n) is 2.09. The number of nitrogens with zero attached hydrogens (tertiary/aromatic N) is 1. The van der Waals surface area contributed by atoms with E-state index in [1.54, 1.807) is 0 Å². The zero-order valence-electron chi connectivity index (χ0n) is 10.8. The Morgan fingerprint density at radius 2 is 1.94 bits per heavy atom. The highest BCUT2D eigenvalue weighted by Gasteiger charge is 2.11. The molecule has 0 aliphatic carbocycles. The monoisotopic (exact) mass is 265 g/mol. The molecule has 100 valence electrons. The van der Waals surface area contributed by atoms with Gasteiger partial charge in [0, 0.05) is 36.3 Å². The molecule has 3 nitrogen and oxygen atoms in total. The van der Waals surface area contributed by atoms with Gasteiger partial charge in [-0.15, -0.1) is 11.8 Å². The van der Waals surface area contributed by atoms with Crippen LogP contribution in [0.5, 0.6) is 0 Å². The predicted molar refractivity (Wildman–Crippen MR) is 78.6 cm³/mol. The number of nitrogens with two attached hydrogens (primary N) is 1. The van der Waals surface area contributed by atoms with Gasteiger partial charge in [-0.1, -0.05) is 18.2 Å². The maximum Gasteiger partial charge on any atom is 0.0146 e. The third kappa shape index (κ3) is 4.98. The van der Waals surface area contributed by atoms with Crippen molar-refractivity contribution in [3.8, 4) is 0 Å². The van der Waals surface area contributed by atoms with E-state index in [4.69, 9.17) is 5.73 Å². The van der Waals surface area contributed by atoms with E-state index in [1.165, 1.54) is 30.8 Å². The van der Waals surface area contributed by atoms with Crippen LogP contribution in [0.25, 0.3) is 0 Å². The molecule has 0 unspecified atom stereocenters. The molecule has 1 saturated heterocycles. The van der Waals surface area contributed by atoms with E-state index in [0.717, 1.165) is 18.7 Å². The number of hydrogen-bond acceptors (Lipinski definition) is 4. The maximum atomic E-state index is 6.13. The summed E-state index contributed by atoms with van der Waals surface area (Å²) in [6, 6.07) is 10.7. The number of nitrogens with one attached hydrogen (secondary N) is 1. The van der Waals surface area contributed by atoms with E-state index in [-0.39, 0.29) is 6.04 Å². The highest BCUT2D eigenvalue weighted by molar-refractivity contribution is 7.99. The number of benzene rings is 1. The van der Waals surface area contributed by atoms with Crippen LogP contribution in [0.1, 0.15) is 19.3 Å². The highest BCUT2D eigenvalue weighted by atomic mass is 32.2. The predicted octanol–water partition coefficient (Wildman–Crippen LogP) is 2.10. The van der Waals surface area contributed by atoms with Crippen molar-refractivity contribution in [2.75, 3.05) is 25.4 Å². The molecule has 0 saturated carbocycles. The number of hydrogen-bond donors (Lipinski definition) is 2. The lowest BCUT2D eigenvalue weighted by Gasteiger charge is -2.18. The van der Waals surface area contributed by atoms with Gasteiger partial charge >= 0.3 is 0 Å². The summed E-state index contributed by atoms with van der Waals surface area (Å²) in [7, 11) is 0. The van der Waals surface area contributed by atoms with E-state index in [9.17, 15) is 0 Å². The Kier molecular flexibility index (Phi) is 6.00. The second kappa shape index (κ2) is 7.79. The van der Waals surface area contributed by atoms with Crippen molar-refractivity contribution in [2.24, 2.45) is 5.73 Å². The molecule has 1 aliphatic rings. The van der Waals surface area contributed by atoms with E-state index in [0.29, 0.717) is 0 Å². The summed E-state index contributed by atoms with van der Waals surface area (Å²) in [6.07, 6.45) is 3.68. The molecule has 0 radical (unpaired) electrons. The molecule has 1 atom stereocenters. The third-order valence-electron chi connectivity index (χ3n) is 3.16. The molecule has 1 aromatic carbocycles. The minimum Gasteiger partial charge on any atom is -0.327 e. The van der Waals surface area contributed by atoms with Crippen LogP contribution in [0, 0.1) is 0 Å². The summed E-state index contributed by atoms with van der Waals surface area (Å²) < 4.78 is 0. The molecule has 0 bridgehead atoms. The first-order valence-electron chi connectivity index (χ1n) is 6.76. The molecule has 0 aromatic heterocycles.